The monoisotopic (exact) mass is 797 g/mol. The molecule has 0 bridgehead atoms. The van der Waals surface area contributed by atoms with Gasteiger partial charge in [-0.25, -0.2) is 0 Å². The predicted octanol–water partition coefficient (Wildman–Crippen LogP) is 14.3. The Morgan fingerprint density at radius 2 is 1.19 bits per heavy atom. The number of para-hydroxylation sites is 2. The molecule has 0 atom stereocenters. The van der Waals surface area contributed by atoms with Gasteiger partial charge in [-0.1, -0.05) is 167 Å². The lowest BCUT2D eigenvalue weighted by Gasteiger charge is -2.42. The number of anilines is 2. The summed E-state index contributed by atoms with van der Waals surface area (Å²) < 4.78 is 9.47. The quantitative estimate of drug-likeness (QED) is 0.170. The second kappa shape index (κ2) is 13.7. The zero-order valence-electron chi connectivity index (χ0n) is 35.6. The van der Waals surface area contributed by atoms with Gasteiger partial charge in [0.1, 0.15) is 11.3 Å². The molecule has 2 aromatic heterocycles. The van der Waals surface area contributed by atoms with E-state index in [1.807, 2.05) is 0 Å². The van der Waals surface area contributed by atoms with Gasteiger partial charge in [-0.15, -0.1) is 0 Å². The van der Waals surface area contributed by atoms with Crippen LogP contribution in [0.5, 0.6) is 0 Å². The van der Waals surface area contributed by atoms with E-state index in [-0.39, 0.29) is 10.8 Å². The second-order valence-corrected chi connectivity index (χ2v) is 18.6. The fourth-order valence-corrected chi connectivity index (χ4v) is 10.6. The number of fused-ring (bicyclic) bond motifs is 7. The number of rotatable bonds is 6. The van der Waals surface area contributed by atoms with Crippen molar-refractivity contribution in [3.05, 3.63) is 187 Å². The Labute approximate surface area is 363 Å². The van der Waals surface area contributed by atoms with Gasteiger partial charge in [-0.3, -0.25) is 0 Å². The number of hydrogen-bond donors (Lipinski definition) is 1. The van der Waals surface area contributed by atoms with Crippen molar-refractivity contribution in [2.45, 2.75) is 51.4 Å². The molecule has 10 aromatic rings. The minimum atomic E-state index is 0.112. The highest BCUT2D eigenvalue weighted by atomic mass is 16.3. The van der Waals surface area contributed by atoms with Gasteiger partial charge in [0, 0.05) is 55.4 Å². The van der Waals surface area contributed by atoms with Crippen LogP contribution in [-0.2, 0) is 10.8 Å². The fraction of sp³-hybridized carbons (Fsp3) is 0.138. The third kappa shape index (κ3) is 5.66. The number of aromatic nitrogens is 1. The van der Waals surface area contributed by atoms with E-state index in [9.17, 15) is 0 Å². The second-order valence-electron chi connectivity index (χ2n) is 18.6. The largest absolute Gasteiger partial charge is 0.455 e. The smallest absolute Gasteiger partial charge is 0.198 e. The van der Waals surface area contributed by atoms with Crippen molar-refractivity contribution < 1.29 is 4.42 Å². The SMILES string of the molecule is CC1(C)CCC(C)(C)c2cc(Nc3ccccc3-c3cc(-c4ccccc4)c4c5ccccc5n5c4c3[B]c3cc4oc(-c6ccccc6)c(-c6ccccc6)c4cc3-5)ccc21. The highest BCUT2D eigenvalue weighted by molar-refractivity contribution is 6.74. The molecule has 0 spiro atoms. The highest BCUT2D eigenvalue weighted by Gasteiger charge is 2.37. The molecule has 1 N–H and O–H groups in total. The maximum absolute atomic E-state index is 6.94. The lowest BCUT2D eigenvalue weighted by molar-refractivity contribution is 0.332. The Bertz CT molecular complexity index is 3390. The lowest BCUT2D eigenvalue weighted by Crippen LogP contribution is -2.37. The van der Waals surface area contributed by atoms with Crippen molar-refractivity contribution >= 4 is 62.4 Å². The molecule has 0 amide bonds. The molecular weight excluding hydrogens is 751 g/mol. The van der Waals surface area contributed by atoms with Crippen molar-refractivity contribution in [3.8, 4) is 50.4 Å². The average molecular weight is 798 g/mol. The van der Waals surface area contributed by atoms with Crippen LogP contribution in [0.1, 0.15) is 51.7 Å². The molecule has 4 heteroatoms. The number of benzene rings is 8. The number of nitrogens with zero attached hydrogens (tertiary/aromatic N) is 1. The summed E-state index contributed by atoms with van der Waals surface area (Å²) in [6, 6.07) is 64.0. The van der Waals surface area contributed by atoms with Crippen molar-refractivity contribution in [3.63, 3.8) is 0 Å². The van der Waals surface area contributed by atoms with E-state index in [1.54, 1.807) is 0 Å². The van der Waals surface area contributed by atoms with Crippen LogP contribution in [0.4, 0.5) is 11.4 Å². The zero-order chi connectivity index (χ0) is 41.7. The molecule has 0 fully saturated rings. The van der Waals surface area contributed by atoms with Crippen LogP contribution in [0.25, 0.3) is 83.2 Å². The average Bonchev–Trinajstić information content (AvgIpc) is 3.85. The maximum Gasteiger partial charge on any atom is 0.198 e. The Balaban J connectivity index is 1.12. The van der Waals surface area contributed by atoms with Gasteiger partial charge in [0.05, 0.1) is 5.52 Å². The maximum atomic E-state index is 6.94. The summed E-state index contributed by atoms with van der Waals surface area (Å²) in [5, 5.41) is 7.55. The zero-order valence-corrected chi connectivity index (χ0v) is 35.6. The third-order valence-corrected chi connectivity index (χ3v) is 13.9. The summed E-state index contributed by atoms with van der Waals surface area (Å²) in [6.45, 7) is 9.59. The molecule has 2 aliphatic rings. The van der Waals surface area contributed by atoms with E-state index >= 15 is 0 Å². The Hall–Kier alpha value is -7.04. The molecule has 8 aromatic carbocycles. The van der Waals surface area contributed by atoms with Gasteiger partial charge in [0.25, 0.3) is 0 Å². The highest BCUT2D eigenvalue weighted by Crippen LogP contribution is 2.48. The van der Waals surface area contributed by atoms with E-state index in [1.165, 1.54) is 67.9 Å². The van der Waals surface area contributed by atoms with E-state index in [0.29, 0.717) is 0 Å². The van der Waals surface area contributed by atoms with Gasteiger partial charge in [0.15, 0.2) is 7.28 Å². The Morgan fingerprint density at radius 1 is 0.548 bits per heavy atom. The van der Waals surface area contributed by atoms with Gasteiger partial charge in [0.2, 0.25) is 0 Å². The Kier molecular flexibility index (Phi) is 8.15. The summed E-state index contributed by atoms with van der Waals surface area (Å²) in [5.41, 5.74) is 20.2. The van der Waals surface area contributed by atoms with Crippen LogP contribution in [-0.4, -0.2) is 11.8 Å². The van der Waals surface area contributed by atoms with E-state index < -0.39 is 0 Å². The van der Waals surface area contributed by atoms with Gasteiger partial charge in [-0.2, -0.15) is 0 Å². The Morgan fingerprint density at radius 3 is 1.95 bits per heavy atom. The van der Waals surface area contributed by atoms with Crippen LogP contribution >= 0.6 is 0 Å². The summed E-state index contributed by atoms with van der Waals surface area (Å²) in [6.07, 6.45) is 2.37. The van der Waals surface area contributed by atoms with Crippen LogP contribution in [0, 0.1) is 0 Å². The summed E-state index contributed by atoms with van der Waals surface area (Å²) in [5.74, 6) is 0.885. The molecule has 0 saturated carbocycles. The molecule has 1 aliphatic carbocycles. The van der Waals surface area contributed by atoms with Gasteiger partial charge in [-0.05, 0) is 105 Å². The summed E-state index contributed by atoms with van der Waals surface area (Å²) >= 11 is 0. The van der Waals surface area contributed by atoms with Crippen LogP contribution in [0.15, 0.2) is 180 Å². The van der Waals surface area contributed by atoms with E-state index in [4.69, 9.17) is 4.42 Å². The van der Waals surface area contributed by atoms with E-state index in [2.05, 4.69) is 221 Å². The molecule has 0 unspecified atom stereocenters. The van der Waals surface area contributed by atoms with E-state index in [0.717, 1.165) is 61.5 Å². The summed E-state index contributed by atoms with van der Waals surface area (Å²) in [4.78, 5) is 0. The first kappa shape index (κ1) is 36.8. The first-order valence-corrected chi connectivity index (χ1v) is 22.0. The van der Waals surface area contributed by atoms with Crippen molar-refractivity contribution in [2.24, 2.45) is 0 Å². The van der Waals surface area contributed by atoms with Gasteiger partial charge >= 0.3 is 0 Å². The minimum absolute atomic E-state index is 0.112. The number of hydrogen-bond acceptors (Lipinski definition) is 2. The third-order valence-electron chi connectivity index (χ3n) is 13.9. The molecule has 0 saturated heterocycles. The van der Waals surface area contributed by atoms with Crippen LogP contribution in [0.2, 0.25) is 0 Å². The molecule has 62 heavy (non-hydrogen) atoms. The standard InChI is InChI=1S/C58H46BN2O/c1-57(2)30-31-58(3,4)46-32-39(28-29-45(46)57)60-48-26-16-14-24-40(48)43-33-42(36-18-8-5-9-19-36)53-41-25-15-17-27-49(41)61-50-34-44-51(35-47(50)59-54(43)55(53)61)62-56(38-22-12-7-13-23-38)52(44)37-20-10-6-11-21-37/h5-29,32-35,60H,30-31H2,1-4H3. The topological polar surface area (TPSA) is 30.1 Å². The molecule has 3 heterocycles. The van der Waals surface area contributed by atoms with Crippen molar-refractivity contribution in [2.75, 3.05) is 5.32 Å². The van der Waals surface area contributed by atoms with Crippen molar-refractivity contribution in [1.29, 1.82) is 0 Å². The fourth-order valence-electron chi connectivity index (χ4n) is 10.6. The molecule has 12 rings (SSSR count). The number of nitrogens with one attached hydrogen (secondary N) is 1. The van der Waals surface area contributed by atoms with Gasteiger partial charge < -0.3 is 14.3 Å². The minimum Gasteiger partial charge on any atom is -0.455 e. The summed E-state index contributed by atoms with van der Waals surface area (Å²) in [7, 11) is 2.41. The van der Waals surface area contributed by atoms with Crippen molar-refractivity contribution in [1.82, 2.24) is 4.57 Å². The van der Waals surface area contributed by atoms with Crippen LogP contribution in [0.3, 0.4) is 0 Å². The van der Waals surface area contributed by atoms with Crippen LogP contribution < -0.4 is 16.2 Å². The first-order chi connectivity index (χ1) is 30.2. The first-order valence-electron chi connectivity index (χ1n) is 22.0. The molecular formula is C58H46BN2O. The number of furan rings is 1. The molecule has 1 radical (unpaired) electrons. The molecule has 3 nitrogen and oxygen atoms in total. The predicted molar refractivity (Wildman–Crippen MR) is 262 cm³/mol. The molecule has 297 valence electrons. The lowest BCUT2D eigenvalue weighted by atomic mass is 9.58. The molecule has 1 aliphatic heterocycles. The normalized spacial score (nSPS) is 14.7.